The second-order valence-corrected chi connectivity index (χ2v) is 7.71. The van der Waals surface area contributed by atoms with E-state index < -0.39 is 41.3 Å². The molecular weight excluding hydrogens is 501 g/mol. The van der Waals surface area contributed by atoms with Crippen molar-refractivity contribution < 1.29 is 27.1 Å². The van der Waals surface area contributed by atoms with Crippen molar-refractivity contribution in [1.82, 2.24) is 19.6 Å². The average Bonchev–Trinajstić information content (AvgIpc) is 3.44. The highest BCUT2D eigenvalue weighted by Crippen LogP contribution is 2.32. The van der Waals surface area contributed by atoms with Crippen LogP contribution in [0.2, 0.25) is 10.0 Å². The summed E-state index contributed by atoms with van der Waals surface area (Å²) in [6.07, 6.45) is 3.97. The lowest BCUT2D eigenvalue weighted by atomic mass is 10.2. The molecule has 0 spiro atoms. The van der Waals surface area contributed by atoms with Crippen LogP contribution in [0.25, 0.3) is 0 Å². The van der Waals surface area contributed by atoms with Crippen molar-refractivity contribution in [2.75, 3.05) is 5.32 Å². The number of ether oxygens (including phenoxy) is 1. The number of aromatic nitrogens is 4. The molecule has 0 aliphatic heterocycles. The van der Waals surface area contributed by atoms with Crippen LogP contribution in [-0.2, 0) is 13.3 Å². The molecule has 0 saturated heterocycles. The summed E-state index contributed by atoms with van der Waals surface area (Å²) in [7, 11) is 0. The van der Waals surface area contributed by atoms with Gasteiger partial charge in [0, 0.05) is 24.0 Å². The van der Waals surface area contributed by atoms with E-state index in [1.807, 2.05) is 0 Å². The number of nitrogens with zero attached hydrogens (tertiary/aromatic N) is 4. The smallest absolute Gasteiger partial charge is 0.276 e. The standard InChI is InChI=1S/C21H13Cl2F4N5O2/c22-13-2-1-3-14(23)20(13)34-10-31-5-4-17(30-31)21(33)29-11-7-28-32(8-11)9-12-15(24)6-16(25)19(27)18(12)26/h1-8H,9-10H2,(H,29,33). The number of amides is 1. The fraction of sp³-hybridized carbons (Fsp3) is 0.0952. The third-order valence-corrected chi connectivity index (χ3v) is 5.15. The SMILES string of the molecule is O=C(Nc1cnn(Cc2c(F)cc(F)c(F)c2F)c1)c1ccn(COc2c(Cl)cccc2Cl)n1. The quantitative estimate of drug-likeness (QED) is 0.207. The van der Waals surface area contributed by atoms with Crippen molar-refractivity contribution in [3.05, 3.63) is 93.5 Å². The fourth-order valence-corrected chi connectivity index (χ4v) is 3.43. The van der Waals surface area contributed by atoms with Crippen LogP contribution >= 0.6 is 23.2 Å². The van der Waals surface area contributed by atoms with Crippen molar-refractivity contribution in [1.29, 1.82) is 0 Å². The predicted molar refractivity (Wildman–Crippen MR) is 115 cm³/mol. The van der Waals surface area contributed by atoms with Crippen molar-refractivity contribution >= 4 is 34.8 Å². The van der Waals surface area contributed by atoms with Gasteiger partial charge in [0.1, 0.15) is 5.82 Å². The molecule has 1 N–H and O–H groups in total. The lowest BCUT2D eigenvalue weighted by molar-refractivity contribution is 0.102. The summed E-state index contributed by atoms with van der Waals surface area (Å²) in [6.45, 7) is -0.596. The normalized spacial score (nSPS) is 11.0. The van der Waals surface area contributed by atoms with Crippen molar-refractivity contribution in [3.63, 3.8) is 0 Å². The molecule has 4 rings (SSSR count). The number of para-hydroxylation sites is 1. The molecule has 34 heavy (non-hydrogen) atoms. The minimum Gasteiger partial charge on any atom is -0.468 e. The lowest BCUT2D eigenvalue weighted by Crippen LogP contribution is -2.14. The van der Waals surface area contributed by atoms with Crippen LogP contribution < -0.4 is 10.1 Å². The van der Waals surface area contributed by atoms with Crippen molar-refractivity contribution in [2.24, 2.45) is 0 Å². The number of rotatable bonds is 7. The molecule has 2 heterocycles. The molecule has 7 nitrogen and oxygen atoms in total. The molecular formula is C21H13Cl2F4N5O2. The van der Waals surface area contributed by atoms with Gasteiger partial charge in [-0.2, -0.15) is 10.2 Å². The van der Waals surface area contributed by atoms with Crippen molar-refractivity contribution in [3.8, 4) is 5.75 Å². The number of benzene rings is 2. The third-order valence-electron chi connectivity index (χ3n) is 4.55. The van der Waals surface area contributed by atoms with Gasteiger partial charge in [-0.3, -0.25) is 9.48 Å². The first-order valence-corrected chi connectivity index (χ1v) is 10.2. The van der Waals surface area contributed by atoms with Gasteiger partial charge in [-0.1, -0.05) is 29.3 Å². The molecule has 0 fully saturated rings. The third kappa shape index (κ3) is 5.00. The van der Waals surface area contributed by atoms with Gasteiger partial charge in [-0.05, 0) is 18.2 Å². The molecule has 176 valence electrons. The summed E-state index contributed by atoms with van der Waals surface area (Å²) < 4.78 is 62.1. The van der Waals surface area contributed by atoms with Gasteiger partial charge in [-0.25, -0.2) is 22.2 Å². The zero-order valence-corrected chi connectivity index (χ0v) is 18.4. The molecule has 0 saturated carbocycles. The second kappa shape index (κ2) is 9.74. The second-order valence-electron chi connectivity index (χ2n) is 6.89. The molecule has 0 atom stereocenters. The molecule has 2 aromatic carbocycles. The first-order valence-electron chi connectivity index (χ1n) is 9.49. The zero-order valence-electron chi connectivity index (χ0n) is 16.9. The van der Waals surface area contributed by atoms with E-state index in [2.05, 4.69) is 15.5 Å². The first-order chi connectivity index (χ1) is 16.2. The van der Waals surface area contributed by atoms with Gasteiger partial charge in [0.25, 0.3) is 5.91 Å². The van der Waals surface area contributed by atoms with Crippen LogP contribution in [0.3, 0.4) is 0 Å². The maximum atomic E-state index is 13.9. The van der Waals surface area contributed by atoms with Gasteiger partial charge >= 0.3 is 0 Å². The van der Waals surface area contributed by atoms with Crippen LogP contribution in [0, 0.1) is 23.3 Å². The van der Waals surface area contributed by atoms with E-state index >= 15 is 0 Å². The van der Waals surface area contributed by atoms with Gasteiger partial charge in [0.15, 0.2) is 35.6 Å². The van der Waals surface area contributed by atoms with E-state index in [1.54, 1.807) is 18.2 Å². The Morgan fingerprint density at radius 2 is 1.76 bits per heavy atom. The molecule has 2 aromatic heterocycles. The first kappa shape index (κ1) is 23.6. The molecule has 4 aromatic rings. The monoisotopic (exact) mass is 513 g/mol. The summed E-state index contributed by atoms with van der Waals surface area (Å²) in [5.41, 5.74) is -0.487. The predicted octanol–water partition coefficient (Wildman–Crippen LogP) is 5.28. The Hall–Kier alpha value is -3.57. The van der Waals surface area contributed by atoms with Crippen LogP contribution in [0.5, 0.6) is 5.75 Å². The summed E-state index contributed by atoms with van der Waals surface area (Å²) in [6, 6.07) is 6.57. The number of carbonyl (C=O) groups is 1. The fourth-order valence-electron chi connectivity index (χ4n) is 2.93. The van der Waals surface area contributed by atoms with Crippen LogP contribution in [0.15, 0.2) is 48.9 Å². The van der Waals surface area contributed by atoms with E-state index in [4.69, 9.17) is 27.9 Å². The molecule has 0 unspecified atom stereocenters. The topological polar surface area (TPSA) is 74.0 Å². The Morgan fingerprint density at radius 1 is 1.03 bits per heavy atom. The highest BCUT2D eigenvalue weighted by atomic mass is 35.5. The molecule has 1 amide bonds. The maximum absolute atomic E-state index is 13.9. The summed E-state index contributed by atoms with van der Waals surface area (Å²) in [5, 5.41) is 11.1. The summed E-state index contributed by atoms with van der Waals surface area (Å²) in [4.78, 5) is 12.4. The van der Waals surface area contributed by atoms with Gasteiger partial charge in [0.2, 0.25) is 0 Å². The molecule has 0 bridgehead atoms. The van der Waals surface area contributed by atoms with E-state index in [9.17, 15) is 22.4 Å². The number of carbonyl (C=O) groups excluding carboxylic acids is 1. The number of anilines is 1. The number of hydrogen-bond acceptors (Lipinski definition) is 4. The summed E-state index contributed by atoms with van der Waals surface area (Å²) in [5.74, 6) is -6.65. The van der Waals surface area contributed by atoms with Crippen LogP contribution in [0.4, 0.5) is 23.2 Å². The van der Waals surface area contributed by atoms with E-state index in [1.165, 1.54) is 29.3 Å². The van der Waals surface area contributed by atoms with Crippen LogP contribution in [0.1, 0.15) is 16.1 Å². The Bertz CT molecular complexity index is 1360. The lowest BCUT2D eigenvalue weighted by Gasteiger charge is -2.09. The molecule has 0 radical (unpaired) electrons. The average molecular weight is 514 g/mol. The Morgan fingerprint density at radius 3 is 2.50 bits per heavy atom. The number of halogens is 6. The van der Waals surface area contributed by atoms with Crippen molar-refractivity contribution in [2.45, 2.75) is 13.3 Å². The highest BCUT2D eigenvalue weighted by molar-refractivity contribution is 6.37. The largest absolute Gasteiger partial charge is 0.468 e. The summed E-state index contributed by atoms with van der Waals surface area (Å²) >= 11 is 12.1. The Balaban J connectivity index is 1.39. The molecule has 0 aliphatic carbocycles. The van der Waals surface area contributed by atoms with Gasteiger partial charge in [-0.15, -0.1) is 0 Å². The van der Waals surface area contributed by atoms with E-state index in [-0.39, 0.29) is 29.9 Å². The highest BCUT2D eigenvalue weighted by Gasteiger charge is 2.20. The number of hydrogen-bond donors (Lipinski definition) is 1. The minimum atomic E-state index is -1.78. The zero-order chi connectivity index (χ0) is 24.4. The van der Waals surface area contributed by atoms with Gasteiger partial charge < -0.3 is 10.1 Å². The number of nitrogens with one attached hydrogen (secondary N) is 1. The Kier molecular flexibility index (Phi) is 6.75. The maximum Gasteiger partial charge on any atom is 0.276 e. The minimum absolute atomic E-state index is 0.0410. The van der Waals surface area contributed by atoms with E-state index in [0.717, 1.165) is 4.68 Å². The molecule has 0 aliphatic rings. The van der Waals surface area contributed by atoms with Gasteiger partial charge in [0.05, 0.1) is 28.5 Å². The van der Waals surface area contributed by atoms with Crippen LogP contribution in [-0.4, -0.2) is 25.5 Å². The Labute approximate surface area is 199 Å². The van der Waals surface area contributed by atoms with E-state index in [0.29, 0.717) is 10.0 Å². The molecule has 13 heteroatoms.